The molecule has 0 bridgehead atoms. The molecule has 6 heteroatoms. The fourth-order valence-corrected chi connectivity index (χ4v) is 1.27. The average Bonchev–Trinajstić information content (AvgIpc) is 2.50. The maximum atomic E-state index is 5.10. The minimum absolute atomic E-state index is 0.586. The van der Waals surface area contributed by atoms with E-state index in [9.17, 15) is 0 Å². The van der Waals surface area contributed by atoms with Gasteiger partial charge in [-0.2, -0.15) is 5.10 Å². The van der Waals surface area contributed by atoms with Gasteiger partial charge in [-0.15, -0.1) is 0 Å². The molecule has 1 rings (SSSR count). The van der Waals surface area contributed by atoms with Gasteiger partial charge in [-0.3, -0.25) is 4.68 Å². The molecular weight excluding hydrogens is 212 g/mol. The van der Waals surface area contributed by atoms with E-state index < -0.39 is 0 Å². The lowest BCUT2D eigenvalue weighted by Crippen LogP contribution is -2.31. The molecule has 0 aliphatic heterocycles. The number of methoxy groups -OCH3 is 1. The molecule has 0 aliphatic rings. The van der Waals surface area contributed by atoms with Crippen molar-refractivity contribution < 1.29 is 4.74 Å². The van der Waals surface area contributed by atoms with Crippen LogP contribution >= 0.6 is 12.2 Å². The number of nitrogens with one attached hydrogen (secondary N) is 2. The maximum absolute atomic E-state index is 5.10. The molecule has 2 N–H and O–H groups in total. The number of aromatic nitrogens is 2. The lowest BCUT2D eigenvalue weighted by atomic mass is 10.4. The SMILES string of the molecule is COCCNC(=S)Nc1cnn(C)c1C. The summed E-state index contributed by atoms with van der Waals surface area (Å²) in [4.78, 5) is 0. The molecule has 0 spiro atoms. The quantitative estimate of drug-likeness (QED) is 0.586. The van der Waals surface area contributed by atoms with Crippen LogP contribution < -0.4 is 10.6 Å². The van der Waals surface area contributed by atoms with Gasteiger partial charge >= 0.3 is 0 Å². The fourth-order valence-electron chi connectivity index (χ4n) is 1.05. The number of aryl methyl sites for hydroxylation is 1. The highest BCUT2D eigenvalue weighted by molar-refractivity contribution is 7.80. The Hall–Kier alpha value is -1.14. The van der Waals surface area contributed by atoms with E-state index >= 15 is 0 Å². The van der Waals surface area contributed by atoms with Crippen molar-refractivity contribution in [2.24, 2.45) is 7.05 Å². The second kappa shape index (κ2) is 5.67. The van der Waals surface area contributed by atoms with Crippen LogP contribution in [0, 0.1) is 6.92 Å². The van der Waals surface area contributed by atoms with Gasteiger partial charge < -0.3 is 15.4 Å². The summed E-state index contributed by atoms with van der Waals surface area (Å²) >= 11 is 5.10. The van der Waals surface area contributed by atoms with Crippen molar-refractivity contribution >= 4 is 23.0 Å². The van der Waals surface area contributed by atoms with Gasteiger partial charge in [0.25, 0.3) is 0 Å². The number of hydrogen-bond acceptors (Lipinski definition) is 3. The molecule has 1 heterocycles. The lowest BCUT2D eigenvalue weighted by molar-refractivity contribution is 0.204. The third-order valence-electron chi connectivity index (χ3n) is 2.08. The van der Waals surface area contributed by atoms with Crippen molar-refractivity contribution in [2.75, 3.05) is 25.6 Å². The molecule has 0 amide bonds. The Morgan fingerprint density at radius 3 is 2.93 bits per heavy atom. The summed E-state index contributed by atoms with van der Waals surface area (Å²) in [7, 11) is 3.55. The second-order valence-electron chi connectivity index (χ2n) is 3.14. The van der Waals surface area contributed by atoms with Crippen molar-refractivity contribution in [1.82, 2.24) is 15.1 Å². The van der Waals surface area contributed by atoms with E-state index in [4.69, 9.17) is 17.0 Å². The fraction of sp³-hybridized carbons (Fsp3) is 0.556. The van der Waals surface area contributed by atoms with Gasteiger partial charge in [-0.25, -0.2) is 0 Å². The molecule has 0 saturated heterocycles. The van der Waals surface area contributed by atoms with Crippen LogP contribution in [-0.2, 0) is 11.8 Å². The van der Waals surface area contributed by atoms with Gasteiger partial charge in [-0.1, -0.05) is 0 Å². The maximum Gasteiger partial charge on any atom is 0.170 e. The van der Waals surface area contributed by atoms with E-state index in [1.54, 1.807) is 18.0 Å². The smallest absolute Gasteiger partial charge is 0.170 e. The first-order valence-electron chi connectivity index (χ1n) is 4.67. The standard InChI is InChI=1S/C9H16N4OS/c1-7-8(6-11-13(7)2)12-9(15)10-4-5-14-3/h6H,4-5H2,1-3H3,(H2,10,12,15). The van der Waals surface area contributed by atoms with Crippen LogP contribution in [0.15, 0.2) is 6.20 Å². The Morgan fingerprint density at radius 2 is 2.40 bits per heavy atom. The second-order valence-corrected chi connectivity index (χ2v) is 3.55. The first-order chi connectivity index (χ1) is 7.15. The van der Waals surface area contributed by atoms with Crippen LogP contribution in [0.1, 0.15) is 5.69 Å². The summed E-state index contributed by atoms with van der Waals surface area (Å²) in [5, 5.41) is 10.8. The van der Waals surface area contributed by atoms with Crippen molar-refractivity contribution in [1.29, 1.82) is 0 Å². The van der Waals surface area contributed by atoms with Crippen LogP contribution in [0.3, 0.4) is 0 Å². The van der Waals surface area contributed by atoms with Crippen molar-refractivity contribution in [3.05, 3.63) is 11.9 Å². The molecule has 1 aromatic rings. The minimum atomic E-state index is 0.586. The van der Waals surface area contributed by atoms with E-state index in [1.807, 2.05) is 14.0 Å². The third-order valence-corrected chi connectivity index (χ3v) is 2.32. The van der Waals surface area contributed by atoms with Gasteiger partial charge in [0.1, 0.15) is 0 Å². The highest BCUT2D eigenvalue weighted by Crippen LogP contribution is 2.11. The molecule has 5 nitrogen and oxygen atoms in total. The molecular formula is C9H16N4OS. The van der Waals surface area contributed by atoms with E-state index in [0.717, 1.165) is 11.4 Å². The van der Waals surface area contributed by atoms with Crippen molar-refractivity contribution in [3.8, 4) is 0 Å². The molecule has 0 saturated carbocycles. The molecule has 0 aliphatic carbocycles. The molecule has 1 aromatic heterocycles. The number of anilines is 1. The summed E-state index contributed by atoms with van der Waals surface area (Å²) in [6, 6.07) is 0. The van der Waals surface area contributed by atoms with Crippen LogP contribution in [0.2, 0.25) is 0 Å². The Bertz CT molecular complexity index is 337. The highest BCUT2D eigenvalue weighted by atomic mass is 32.1. The largest absolute Gasteiger partial charge is 0.383 e. The summed E-state index contributed by atoms with van der Waals surface area (Å²) in [5.41, 5.74) is 1.97. The molecule has 0 atom stereocenters. The molecule has 84 valence electrons. The van der Waals surface area contributed by atoms with Crippen LogP contribution in [-0.4, -0.2) is 35.2 Å². The summed E-state index contributed by atoms with van der Waals surface area (Å²) < 4.78 is 6.70. The number of ether oxygens (including phenoxy) is 1. The Labute approximate surface area is 94.8 Å². The average molecular weight is 228 g/mol. The normalized spacial score (nSPS) is 10.1. The highest BCUT2D eigenvalue weighted by Gasteiger charge is 2.04. The van der Waals surface area contributed by atoms with Gasteiger partial charge in [0, 0.05) is 20.7 Å². The third kappa shape index (κ3) is 3.49. The zero-order valence-corrected chi connectivity index (χ0v) is 10.0. The van der Waals surface area contributed by atoms with Crippen LogP contribution in [0.5, 0.6) is 0 Å². The van der Waals surface area contributed by atoms with E-state index in [2.05, 4.69) is 15.7 Å². The number of rotatable bonds is 4. The van der Waals surface area contributed by atoms with E-state index in [0.29, 0.717) is 18.3 Å². The Morgan fingerprint density at radius 1 is 1.67 bits per heavy atom. The topological polar surface area (TPSA) is 51.1 Å². The summed E-state index contributed by atoms with van der Waals surface area (Å²) in [5.74, 6) is 0. The molecule has 15 heavy (non-hydrogen) atoms. The zero-order valence-electron chi connectivity index (χ0n) is 9.20. The predicted molar refractivity (Wildman–Crippen MR) is 64.0 cm³/mol. The Balaban J connectivity index is 2.41. The van der Waals surface area contributed by atoms with E-state index in [-0.39, 0.29) is 0 Å². The molecule has 0 fully saturated rings. The van der Waals surface area contributed by atoms with Crippen LogP contribution in [0.4, 0.5) is 5.69 Å². The van der Waals surface area contributed by atoms with E-state index in [1.165, 1.54) is 0 Å². The van der Waals surface area contributed by atoms with Gasteiger partial charge in [0.15, 0.2) is 5.11 Å². The molecule has 0 radical (unpaired) electrons. The summed E-state index contributed by atoms with van der Waals surface area (Å²) in [6.07, 6.45) is 1.75. The number of thiocarbonyl (C=S) groups is 1. The lowest BCUT2D eigenvalue weighted by Gasteiger charge is -2.09. The first-order valence-corrected chi connectivity index (χ1v) is 5.08. The predicted octanol–water partition coefficient (Wildman–Crippen LogP) is 0.661. The molecule has 0 unspecified atom stereocenters. The van der Waals surface area contributed by atoms with Gasteiger partial charge in [0.05, 0.1) is 24.2 Å². The zero-order chi connectivity index (χ0) is 11.3. The number of nitrogens with zero attached hydrogens (tertiary/aromatic N) is 2. The summed E-state index contributed by atoms with van der Waals surface area (Å²) in [6.45, 7) is 3.31. The number of hydrogen-bond donors (Lipinski definition) is 2. The van der Waals surface area contributed by atoms with Crippen molar-refractivity contribution in [2.45, 2.75) is 6.92 Å². The minimum Gasteiger partial charge on any atom is -0.383 e. The van der Waals surface area contributed by atoms with Crippen LogP contribution in [0.25, 0.3) is 0 Å². The van der Waals surface area contributed by atoms with Crippen molar-refractivity contribution in [3.63, 3.8) is 0 Å². The first kappa shape index (κ1) is 11.9. The monoisotopic (exact) mass is 228 g/mol. The van der Waals surface area contributed by atoms with Gasteiger partial charge in [0.2, 0.25) is 0 Å². The molecule has 0 aromatic carbocycles. The Kier molecular flexibility index (Phi) is 4.51. The van der Waals surface area contributed by atoms with Gasteiger partial charge in [-0.05, 0) is 19.1 Å².